The molecule has 0 aromatic carbocycles. The van der Waals surface area contributed by atoms with Gasteiger partial charge >= 0.3 is 19.8 Å². The van der Waals surface area contributed by atoms with E-state index in [1.807, 2.05) is 0 Å². The van der Waals surface area contributed by atoms with Gasteiger partial charge in [-0.1, -0.05) is 114 Å². The first-order chi connectivity index (χ1) is 24.2. The highest BCUT2D eigenvalue weighted by Crippen LogP contribution is 2.43. The third-order valence-electron chi connectivity index (χ3n) is 7.72. The van der Waals surface area contributed by atoms with Gasteiger partial charge in [0, 0.05) is 12.8 Å². The van der Waals surface area contributed by atoms with Crippen LogP contribution in [0.2, 0.25) is 0 Å². The highest BCUT2D eigenvalue weighted by atomic mass is 31.2. The Morgan fingerprint density at radius 3 is 1.68 bits per heavy atom. The molecule has 0 aromatic heterocycles. The lowest BCUT2D eigenvalue weighted by Gasteiger charge is -2.20. The number of phosphoric ester groups is 1. The first kappa shape index (κ1) is 47.9. The smallest absolute Gasteiger partial charge is 0.462 e. The highest BCUT2D eigenvalue weighted by Gasteiger charge is 2.27. The van der Waals surface area contributed by atoms with Gasteiger partial charge in [0.05, 0.1) is 19.8 Å². The molecule has 50 heavy (non-hydrogen) atoms. The minimum atomic E-state index is -4.62. The number of hydrogen-bond donors (Lipinski definition) is 3. The fourth-order valence-electron chi connectivity index (χ4n) is 4.76. The SMILES string of the molecule is CC/C=C\C/C=C\C/C=C\CCCCCCCC(=O)O[C@H](COC(=O)CCCCCCC/C=C\CCCCC)COP(=O)(O)OC[C@@H](O)CO. The Morgan fingerprint density at radius 2 is 1.10 bits per heavy atom. The van der Waals surface area contributed by atoms with E-state index in [0.717, 1.165) is 89.9 Å². The van der Waals surface area contributed by atoms with Gasteiger partial charge in [-0.15, -0.1) is 0 Å². The molecule has 0 rings (SSSR count). The van der Waals surface area contributed by atoms with E-state index in [9.17, 15) is 24.2 Å². The van der Waals surface area contributed by atoms with Gasteiger partial charge in [-0.25, -0.2) is 4.57 Å². The molecule has 11 heteroatoms. The number of hydrogen-bond acceptors (Lipinski definition) is 9. The lowest BCUT2D eigenvalue weighted by Crippen LogP contribution is -2.29. The number of allylic oxidation sites excluding steroid dienone is 8. The summed E-state index contributed by atoms with van der Waals surface area (Å²) in [5, 5.41) is 18.3. The zero-order valence-electron chi connectivity index (χ0n) is 31.1. The summed E-state index contributed by atoms with van der Waals surface area (Å²) in [5.74, 6) is -0.960. The molecule has 10 nitrogen and oxygen atoms in total. The molecule has 0 radical (unpaired) electrons. The monoisotopic (exact) mass is 728 g/mol. The summed E-state index contributed by atoms with van der Waals surface area (Å²) in [6.07, 6.45) is 35.1. The molecule has 0 fully saturated rings. The van der Waals surface area contributed by atoms with Crippen LogP contribution in [-0.2, 0) is 32.7 Å². The third kappa shape index (κ3) is 34.4. The number of rotatable bonds is 35. The van der Waals surface area contributed by atoms with Gasteiger partial charge in [0.2, 0.25) is 0 Å². The van der Waals surface area contributed by atoms with Crippen molar-refractivity contribution in [2.24, 2.45) is 0 Å². The van der Waals surface area contributed by atoms with E-state index in [4.69, 9.17) is 19.1 Å². The maximum atomic E-state index is 12.5. The molecule has 0 aliphatic heterocycles. The van der Waals surface area contributed by atoms with Crippen molar-refractivity contribution < 1.29 is 47.8 Å². The largest absolute Gasteiger partial charge is 0.472 e. The van der Waals surface area contributed by atoms with Crippen LogP contribution in [0.3, 0.4) is 0 Å². The van der Waals surface area contributed by atoms with Crippen molar-refractivity contribution in [2.45, 2.75) is 161 Å². The number of aliphatic hydroxyl groups excluding tert-OH is 2. The number of unbranched alkanes of at least 4 members (excludes halogenated alkanes) is 13. The summed E-state index contributed by atoms with van der Waals surface area (Å²) in [6.45, 7) is 2.19. The standard InChI is InChI=1S/C39H69O10P/c1-3-5-7-9-11-13-15-17-18-19-21-23-25-27-29-31-39(43)49-37(35-48-50(44,45)47-33-36(41)32-40)34-46-38(42)30-28-26-24-22-20-16-14-12-10-8-6-4-2/h5,7,11-14,17-18,36-37,40-41H,3-4,6,8-10,15-16,19-35H2,1-2H3,(H,44,45)/b7-5-,13-11-,14-12-,18-17-/t36-,37+/m0/s1. The Balaban J connectivity index is 4.42. The normalized spacial score (nSPS) is 14.6. The van der Waals surface area contributed by atoms with Gasteiger partial charge in [-0.05, 0) is 70.6 Å². The van der Waals surface area contributed by atoms with Crippen molar-refractivity contribution in [3.05, 3.63) is 48.6 Å². The van der Waals surface area contributed by atoms with Crippen LogP contribution in [0.15, 0.2) is 48.6 Å². The minimum absolute atomic E-state index is 0.161. The molecule has 290 valence electrons. The molecule has 1 unspecified atom stereocenters. The molecule has 0 aromatic rings. The van der Waals surface area contributed by atoms with Gasteiger partial charge < -0.3 is 24.6 Å². The van der Waals surface area contributed by atoms with E-state index in [2.05, 4.69) is 67.0 Å². The Morgan fingerprint density at radius 1 is 0.620 bits per heavy atom. The second-order valence-corrected chi connectivity index (χ2v) is 14.0. The fraction of sp³-hybridized carbons (Fsp3) is 0.744. The van der Waals surface area contributed by atoms with Crippen LogP contribution >= 0.6 is 7.82 Å². The molecular weight excluding hydrogens is 659 g/mol. The summed E-state index contributed by atoms with van der Waals surface area (Å²) in [6, 6.07) is 0. The molecule has 0 aliphatic carbocycles. The summed E-state index contributed by atoms with van der Waals surface area (Å²) >= 11 is 0. The van der Waals surface area contributed by atoms with Crippen molar-refractivity contribution in [3.8, 4) is 0 Å². The summed E-state index contributed by atoms with van der Waals surface area (Å²) in [5.41, 5.74) is 0. The third-order valence-corrected chi connectivity index (χ3v) is 8.67. The van der Waals surface area contributed by atoms with E-state index in [-0.39, 0.29) is 19.4 Å². The maximum Gasteiger partial charge on any atom is 0.472 e. The van der Waals surface area contributed by atoms with E-state index >= 15 is 0 Å². The molecule has 0 heterocycles. The van der Waals surface area contributed by atoms with E-state index < -0.39 is 51.8 Å². The number of ether oxygens (including phenoxy) is 2. The number of carbonyl (C=O) groups is 2. The predicted octanol–water partition coefficient (Wildman–Crippen LogP) is 9.38. The van der Waals surface area contributed by atoms with Crippen molar-refractivity contribution in [3.63, 3.8) is 0 Å². The van der Waals surface area contributed by atoms with Crippen LogP contribution in [0, 0.1) is 0 Å². The topological polar surface area (TPSA) is 149 Å². The average Bonchev–Trinajstić information content (AvgIpc) is 3.10. The Bertz CT molecular complexity index is 978. The fourth-order valence-corrected chi connectivity index (χ4v) is 5.55. The van der Waals surface area contributed by atoms with Gasteiger partial charge in [-0.3, -0.25) is 18.6 Å². The molecule has 0 amide bonds. The molecule has 0 bridgehead atoms. The predicted molar refractivity (Wildman–Crippen MR) is 201 cm³/mol. The lowest BCUT2D eigenvalue weighted by molar-refractivity contribution is -0.161. The van der Waals surface area contributed by atoms with E-state index in [1.54, 1.807) is 0 Å². The minimum Gasteiger partial charge on any atom is -0.462 e. The summed E-state index contributed by atoms with van der Waals surface area (Å²) in [7, 11) is -4.62. The lowest BCUT2D eigenvalue weighted by atomic mass is 10.1. The van der Waals surface area contributed by atoms with Gasteiger partial charge in [0.25, 0.3) is 0 Å². The van der Waals surface area contributed by atoms with Gasteiger partial charge in [0.1, 0.15) is 12.7 Å². The maximum absolute atomic E-state index is 12.5. The molecule has 0 saturated heterocycles. The number of aliphatic hydroxyl groups is 2. The van der Waals surface area contributed by atoms with E-state index in [0.29, 0.717) is 12.8 Å². The van der Waals surface area contributed by atoms with Crippen LogP contribution in [0.5, 0.6) is 0 Å². The molecule has 0 aliphatic rings. The molecule has 0 spiro atoms. The molecular formula is C39H69O10P. The summed E-state index contributed by atoms with van der Waals surface area (Å²) in [4.78, 5) is 34.8. The van der Waals surface area contributed by atoms with Crippen LogP contribution in [0.4, 0.5) is 0 Å². The first-order valence-corrected chi connectivity index (χ1v) is 20.6. The number of carbonyl (C=O) groups excluding carboxylic acids is 2. The first-order valence-electron chi connectivity index (χ1n) is 19.1. The van der Waals surface area contributed by atoms with Gasteiger partial charge in [0.15, 0.2) is 6.10 Å². The van der Waals surface area contributed by atoms with E-state index in [1.165, 1.54) is 19.3 Å². The highest BCUT2D eigenvalue weighted by molar-refractivity contribution is 7.47. The van der Waals surface area contributed by atoms with Crippen LogP contribution in [0.1, 0.15) is 149 Å². The quantitative estimate of drug-likeness (QED) is 0.0249. The Labute approximate surface area is 303 Å². The Hall–Kier alpha value is -2.07. The van der Waals surface area contributed by atoms with Crippen molar-refractivity contribution in [1.29, 1.82) is 0 Å². The molecule has 3 atom stereocenters. The van der Waals surface area contributed by atoms with Crippen molar-refractivity contribution in [1.82, 2.24) is 0 Å². The average molecular weight is 729 g/mol. The van der Waals surface area contributed by atoms with Crippen LogP contribution in [-0.4, -0.2) is 65.7 Å². The van der Waals surface area contributed by atoms with Crippen LogP contribution in [0.25, 0.3) is 0 Å². The number of esters is 2. The zero-order valence-corrected chi connectivity index (χ0v) is 32.0. The Kier molecular flexibility index (Phi) is 33.9. The zero-order chi connectivity index (χ0) is 37.0. The number of phosphoric acid groups is 1. The second-order valence-electron chi connectivity index (χ2n) is 12.6. The van der Waals surface area contributed by atoms with Gasteiger partial charge in [-0.2, -0.15) is 0 Å². The molecule has 0 saturated carbocycles. The molecule has 3 N–H and O–H groups in total. The van der Waals surface area contributed by atoms with Crippen molar-refractivity contribution in [2.75, 3.05) is 26.4 Å². The van der Waals surface area contributed by atoms with Crippen molar-refractivity contribution >= 4 is 19.8 Å². The summed E-state index contributed by atoms with van der Waals surface area (Å²) < 4.78 is 32.5. The van der Waals surface area contributed by atoms with Crippen LogP contribution < -0.4 is 0 Å². The second kappa shape index (κ2) is 35.3.